The van der Waals surface area contributed by atoms with Gasteiger partial charge in [-0.05, 0) is 6.07 Å². The summed E-state index contributed by atoms with van der Waals surface area (Å²) in [6.45, 7) is 0. The molecule has 0 spiro atoms. The molecule has 0 saturated carbocycles. The fourth-order valence-corrected chi connectivity index (χ4v) is 1.74. The van der Waals surface area contributed by atoms with E-state index < -0.39 is 9.85 Å². The maximum atomic E-state index is 10.7. The number of ether oxygens (including phenoxy) is 1. The molecule has 9 heteroatoms. The number of halogens is 1. The van der Waals surface area contributed by atoms with Crippen LogP contribution in [0.25, 0.3) is 0 Å². The molecule has 108 valence electrons. The number of nitro groups is 2. The van der Waals surface area contributed by atoms with Crippen LogP contribution in [-0.4, -0.2) is 9.85 Å². The lowest BCUT2D eigenvalue weighted by Gasteiger charge is -2.08. The van der Waals surface area contributed by atoms with Crippen molar-refractivity contribution >= 4 is 28.7 Å². The van der Waals surface area contributed by atoms with Crippen LogP contribution in [0.2, 0.25) is 5.02 Å². The van der Waals surface area contributed by atoms with Crippen LogP contribution < -0.4 is 10.5 Å². The molecule has 0 heterocycles. The van der Waals surface area contributed by atoms with E-state index in [0.29, 0.717) is 0 Å². The Morgan fingerprint density at radius 3 is 2.29 bits per heavy atom. The summed E-state index contributed by atoms with van der Waals surface area (Å²) in [5.74, 6) is 0.0647. The Morgan fingerprint density at radius 1 is 1.00 bits per heavy atom. The number of nitrogen functional groups attached to an aromatic ring is 1. The van der Waals surface area contributed by atoms with Crippen molar-refractivity contribution in [3.8, 4) is 11.5 Å². The van der Waals surface area contributed by atoms with Crippen molar-refractivity contribution in [3.63, 3.8) is 0 Å². The van der Waals surface area contributed by atoms with E-state index in [2.05, 4.69) is 0 Å². The van der Waals surface area contributed by atoms with E-state index in [1.165, 1.54) is 24.3 Å². The quantitative estimate of drug-likeness (QED) is 0.523. The van der Waals surface area contributed by atoms with E-state index in [1.807, 2.05) is 0 Å². The minimum Gasteiger partial charge on any atom is -0.455 e. The van der Waals surface area contributed by atoms with Crippen molar-refractivity contribution in [3.05, 3.63) is 61.6 Å². The van der Waals surface area contributed by atoms with Crippen LogP contribution >= 0.6 is 11.6 Å². The maximum Gasteiger partial charge on any atom is 0.275 e. The summed E-state index contributed by atoms with van der Waals surface area (Å²) in [4.78, 5) is 20.2. The van der Waals surface area contributed by atoms with Gasteiger partial charge in [-0.1, -0.05) is 11.6 Å². The fraction of sp³-hybridized carbons (Fsp3) is 0. The highest BCUT2D eigenvalue weighted by Gasteiger charge is 2.14. The predicted octanol–water partition coefficient (Wildman–Crippen LogP) is 3.53. The number of rotatable bonds is 4. The molecular weight excluding hydrogens is 302 g/mol. The Bertz CT molecular complexity index is 735. The highest BCUT2D eigenvalue weighted by Crippen LogP contribution is 2.34. The second kappa shape index (κ2) is 5.63. The normalized spacial score (nSPS) is 10.1. The monoisotopic (exact) mass is 309 g/mol. The first-order valence-electron chi connectivity index (χ1n) is 5.53. The van der Waals surface area contributed by atoms with Crippen LogP contribution in [0.1, 0.15) is 0 Å². The Balaban J connectivity index is 2.40. The number of nitrogens with zero attached hydrogens (tertiary/aromatic N) is 2. The van der Waals surface area contributed by atoms with Crippen molar-refractivity contribution in [2.45, 2.75) is 0 Å². The SMILES string of the molecule is Nc1cc(Oc2cc([N+](=O)[O-])ccc2Cl)cc([N+](=O)[O-])c1. The molecule has 0 bridgehead atoms. The molecule has 2 aromatic rings. The number of benzene rings is 2. The van der Waals surface area contributed by atoms with Crippen LogP contribution in [0.4, 0.5) is 17.1 Å². The molecule has 0 amide bonds. The fourth-order valence-electron chi connectivity index (χ4n) is 1.58. The molecule has 0 radical (unpaired) electrons. The van der Waals surface area contributed by atoms with Gasteiger partial charge in [0.2, 0.25) is 0 Å². The van der Waals surface area contributed by atoms with E-state index in [0.717, 1.165) is 12.1 Å². The second-order valence-electron chi connectivity index (χ2n) is 3.99. The number of hydrogen-bond donors (Lipinski definition) is 1. The highest BCUT2D eigenvalue weighted by atomic mass is 35.5. The van der Waals surface area contributed by atoms with Crippen LogP contribution in [0.5, 0.6) is 11.5 Å². The molecule has 0 aliphatic carbocycles. The van der Waals surface area contributed by atoms with Gasteiger partial charge in [0.05, 0.1) is 27.0 Å². The lowest BCUT2D eigenvalue weighted by atomic mass is 10.2. The van der Waals surface area contributed by atoms with Crippen molar-refractivity contribution in [1.82, 2.24) is 0 Å². The van der Waals surface area contributed by atoms with Crippen LogP contribution in [0, 0.1) is 20.2 Å². The van der Waals surface area contributed by atoms with E-state index in [9.17, 15) is 20.2 Å². The Morgan fingerprint density at radius 2 is 1.67 bits per heavy atom. The smallest absolute Gasteiger partial charge is 0.275 e. The topological polar surface area (TPSA) is 122 Å². The molecule has 2 aromatic carbocycles. The van der Waals surface area contributed by atoms with E-state index in [4.69, 9.17) is 22.1 Å². The van der Waals surface area contributed by atoms with Crippen molar-refractivity contribution < 1.29 is 14.6 Å². The first kappa shape index (κ1) is 14.5. The van der Waals surface area contributed by atoms with Gasteiger partial charge >= 0.3 is 0 Å². The number of hydrogen-bond acceptors (Lipinski definition) is 6. The summed E-state index contributed by atoms with van der Waals surface area (Å²) < 4.78 is 5.35. The molecular formula is C12H8ClN3O5. The molecule has 0 unspecified atom stereocenters. The predicted molar refractivity (Wildman–Crippen MR) is 75.7 cm³/mol. The molecule has 2 rings (SSSR count). The van der Waals surface area contributed by atoms with Gasteiger partial charge in [0, 0.05) is 23.9 Å². The molecule has 0 aliphatic rings. The lowest BCUT2D eigenvalue weighted by molar-refractivity contribution is -0.384. The number of nitrogens with two attached hydrogens (primary N) is 1. The number of nitro benzene ring substituents is 2. The molecule has 0 saturated heterocycles. The minimum absolute atomic E-state index is 0.00534. The van der Waals surface area contributed by atoms with Gasteiger partial charge in [0.25, 0.3) is 11.4 Å². The summed E-state index contributed by atoms with van der Waals surface area (Å²) in [5, 5.41) is 21.6. The second-order valence-corrected chi connectivity index (χ2v) is 4.40. The molecule has 2 N–H and O–H groups in total. The molecule has 0 aromatic heterocycles. The van der Waals surface area contributed by atoms with Crippen molar-refractivity contribution in [1.29, 1.82) is 0 Å². The van der Waals surface area contributed by atoms with Crippen LogP contribution in [-0.2, 0) is 0 Å². The first-order valence-corrected chi connectivity index (χ1v) is 5.91. The number of anilines is 1. The molecule has 0 fully saturated rings. The largest absolute Gasteiger partial charge is 0.455 e. The summed E-state index contributed by atoms with van der Waals surface area (Å²) in [5.41, 5.74) is 5.19. The number of non-ortho nitro benzene ring substituents is 2. The minimum atomic E-state index is -0.627. The third kappa shape index (κ3) is 3.37. The summed E-state index contributed by atoms with van der Waals surface area (Å²) in [7, 11) is 0. The molecule has 21 heavy (non-hydrogen) atoms. The Labute approximate surface area is 123 Å². The van der Waals surface area contributed by atoms with Crippen LogP contribution in [0.3, 0.4) is 0 Å². The first-order chi connectivity index (χ1) is 9.86. The molecule has 0 atom stereocenters. The zero-order valence-corrected chi connectivity index (χ0v) is 11.1. The zero-order chi connectivity index (χ0) is 15.6. The van der Waals surface area contributed by atoms with E-state index >= 15 is 0 Å². The Hall–Kier alpha value is -2.87. The van der Waals surface area contributed by atoms with Gasteiger partial charge in [-0.2, -0.15) is 0 Å². The van der Waals surface area contributed by atoms with Crippen molar-refractivity contribution in [2.24, 2.45) is 0 Å². The van der Waals surface area contributed by atoms with Gasteiger partial charge in [0.1, 0.15) is 5.75 Å². The lowest BCUT2D eigenvalue weighted by Crippen LogP contribution is -1.94. The van der Waals surface area contributed by atoms with Gasteiger partial charge in [-0.25, -0.2) is 0 Å². The standard InChI is InChI=1S/C12H8ClN3O5/c13-11-2-1-8(15(17)18)6-12(11)21-10-4-7(14)3-9(5-10)16(19)20/h1-6H,14H2. The van der Waals surface area contributed by atoms with Crippen LogP contribution in [0.15, 0.2) is 36.4 Å². The summed E-state index contributed by atoms with van der Waals surface area (Å²) in [6.07, 6.45) is 0. The highest BCUT2D eigenvalue weighted by molar-refractivity contribution is 6.32. The maximum absolute atomic E-state index is 10.7. The van der Waals surface area contributed by atoms with Gasteiger partial charge in [-0.15, -0.1) is 0 Å². The van der Waals surface area contributed by atoms with Gasteiger partial charge in [-0.3, -0.25) is 20.2 Å². The average Bonchev–Trinajstić information content (AvgIpc) is 2.40. The Kier molecular flexibility index (Phi) is 3.90. The van der Waals surface area contributed by atoms with Gasteiger partial charge < -0.3 is 10.5 Å². The summed E-state index contributed by atoms with van der Waals surface area (Å²) >= 11 is 5.88. The molecule has 0 aliphatic heterocycles. The third-order valence-electron chi connectivity index (χ3n) is 2.48. The van der Waals surface area contributed by atoms with Crippen molar-refractivity contribution in [2.75, 3.05) is 5.73 Å². The average molecular weight is 310 g/mol. The summed E-state index contributed by atoms with van der Waals surface area (Å²) in [6, 6.07) is 7.31. The van der Waals surface area contributed by atoms with E-state index in [1.54, 1.807) is 0 Å². The molecule has 8 nitrogen and oxygen atoms in total. The van der Waals surface area contributed by atoms with E-state index in [-0.39, 0.29) is 33.6 Å². The third-order valence-corrected chi connectivity index (χ3v) is 2.79. The van der Waals surface area contributed by atoms with Gasteiger partial charge in [0.15, 0.2) is 5.75 Å². The zero-order valence-electron chi connectivity index (χ0n) is 10.4.